The molecule has 0 saturated heterocycles. The minimum atomic E-state index is -3.83. The van der Waals surface area contributed by atoms with Crippen LogP contribution in [0, 0.1) is 5.82 Å². The first-order valence-corrected chi connectivity index (χ1v) is 8.27. The number of hydrogen-bond donors (Lipinski definition) is 2. The van der Waals surface area contributed by atoms with Crippen LogP contribution in [0.5, 0.6) is 0 Å². The molecule has 2 aromatic rings. The normalized spacial score (nSPS) is 11.7. The molecule has 4 nitrogen and oxygen atoms in total. The van der Waals surface area contributed by atoms with Gasteiger partial charge in [0.1, 0.15) is 10.7 Å². The Labute approximate surface area is 122 Å². The molecule has 1 aromatic carbocycles. The molecule has 0 unspecified atom stereocenters. The van der Waals surface area contributed by atoms with Crippen LogP contribution in [0.25, 0.3) is 0 Å². The Hall–Kier alpha value is -0.960. The van der Waals surface area contributed by atoms with Crippen LogP contribution in [0.15, 0.2) is 39.0 Å². The number of nitrogen functional groups attached to an aromatic ring is 1. The number of halogens is 2. The zero-order valence-electron chi connectivity index (χ0n) is 9.56. The van der Waals surface area contributed by atoms with Gasteiger partial charge in [-0.3, -0.25) is 0 Å². The molecule has 0 amide bonds. The quantitative estimate of drug-likeness (QED) is 0.819. The van der Waals surface area contributed by atoms with Gasteiger partial charge < -0.3 is 5.73 Å². The molecule has 19 heavy (non-hydrogen) atoms. The molecule has 0 aliphatic carbocycles. The molecule has 0 saturated carbocycles. The summed E-state index contributed by atoms with van der Waals surface area (Å²) in [4.78, 5) is 0.591. The number of nitrogens with one attached hydrogen (secondary N) is 1. The van der Waals surface area contributed by atoms with Gasteiger partial charge in [-0.25, -0.2) is 17.5 Å². The molecule has 0 radical (unpaired) electrons. The monoisotopic (exact) mass is 364 g/mol. The summed E-state index contributed by atoms with van der Waals surface area (Å²) in [6, 6.07) is 7.31. The van der Waals surface area contributed by atoms with Crippen molar-refractivity contribution in [3.05, 3.63) is 44.8 Å². The van der Waals surface area contributed by atoms with Crippen LogP contribution in [0.2, 0.25) is 0 Å². The third-order valence-electron chi connectivity index (χ3n) is 2.37. The second kappa shape index (κ2) is 5.58. The maximum absolute atomic E-state index is 13.3. The van der Waals surface area contributed by atoms with Gasteiger partial charge in [-0.05, 0) is 40.2 Å². The lowest BCUT2D eigenvalue weighted by molar-refractivity contribution is 0.579. The van der Waals surface area contributed by atoms with Crippen molar-refractivity contribution in [3.63, 3.8) is 0 Å². The lowest BCUT2D eigenvalue weighted by Crippen LogP contribution is -2.24. The Balaban J connectivity index is 2.21. The molecule has 0 aliphatic heterocycles. The molecule has 0 spiro atoms. The fraction of sp³-hybridized carbons (Fsp3) is 0.0909. The van der Waals surface area contributed by atoms with Gasteiger partial charge in [0.15, 0.2) is 0 Å². The number of sulfonamides is 1. The third-order valence-corrected chi connectivity index (χ3v) is 5.45. The standard InChI is InChI=1S/C11H10BrFN2O2S2/c12-10-5-4-7(18-10)6-15-19(16,17)9-3-1-2-8(13)11(9)14/h1-5,15H,6,14H2. The fourth-order valence-electron chi connectivity index (χ4n) is 1.44. The van der Waals surface area contributed by atoms with E-state index in [0.29, 0.717) is 0 Å². The maximum atomic E-state index is 13.3. The Morgan fingerprint density at radius 2 is 2.05 bits per heavy atom. The molecule has 0 aliphatic rings. The molecule has 0 atom stereocenters. The first-order chi connectivity index (χ1) is 8.90. The van der Waals surface area contributed by atoms with E-state index in [1.54, 1.807) is 6.07 Å². The lowest BCUT2D eigenvalue weighted by atomic mass is 10.3. The molecule has 1 aromatic heterocycles. The summed E-state index contributed by atoms with van der Waals surface area (Å²) in [5, 5.41) is 0. The second-order valence-corrected chi connectivity index (χ2v) is 7.96. The Morgan fingerprint density at radius 1 is 1.32 bits per heavy atom. The van der Waals surface area contributed by atoms with Crippen LogP contribution in [-0.4, -0.2) is 8.42 Å². The zero-order valence-corrected chi connectivity index (χ0v) is 12.8. The lowest BCUT2D eigenvalue weighted by Gasteiger charge is -2.08. The molecule has 0 fully saturated rings. The van der Waals surface area contributed by atoms with Crippen LogP contribution >= 0.6 is 27.3 Å². The summed E-state index contributed by atoms with van der Waals surface area (Å²) >= 11 is 4.71. The molecule has 1 heterocycles. The minimum Gasteiger partial charge on any atom is -0.395 e. The number of para-hydroxylation sites is 1. The SMILES string of the molecule is Nc1c(F)cccc1S(=O)(=O)NCc1ccc(Br)s1. The molecular formula is C11H10BrFN2O2S2. The van der Waals surface area contributed by atoms with E-state index in [1.165, 1.54) is 23.5 Å². The number of thiophene rings is 1. The van der Waals surface area contributed by atoms with E-state index in [2.05, 4.69) is 20.7 Å². The van der Waals surface area contributed by atoms with Gasteiger partial charge in [0.2, 0.25) is 10.0 Å². The second-order valence-electron chi connectivity index (χ2n) is 3.68. The smallest absolute Gasteiger partial charge is 0.243 e. The van der Waals surface area contributed by atoms with Crippen LogP contribution in [0.1, 0.15) is 4.88 Å². The average Bonchev–Trinajstić information content (AvgIpc) is 2.76. The van der Waals surface area contributed by atoms with Gasteiger partial charge in [0.05, 0.1) is 9.47 Å². The Morgan fingerprint density at radius 3 is 2.68 bits per heavy atom. The average molecular weight is 365 g/mol. The van der Waals surface area contributed by atoms with Crippen molar-refractivity contribution in [2.24, 2.45) is 0 Å². The van der Waals surface area contributed by atoms with E-state index in [9.17, 15) is 12.8 Å². The number of rotatable bonds is 4. The van der Waals surface area contributed by atoms with Gasteiger partial charge >= 0.3 is 0 Å². The van der Waals surface area contributed by atoms with Gasteiger partial charge in [-0.2, -0.15) is 0 Å². The molecule has 102 valence electrons. The molecular weight excluding hydrogens is 355 g/mol. The highest BCUT2D eigenvalue weighted by atomic mass is 79.9. The highest BCUT2D eigenvalue weighted by Crippen LogP contribution is 2.24. The van der Waals surface area contributed by atoms with Crippen LogP contribution < -0.4 is 10.5 Å². The van der Waals surface area contributed by atoms with Crippen LogP contribution in [0.3, 0.4) is 0 Å². The summed E-state index contributed by atoms with van der Waals surface area (Å²) in [5.41, 5.74) is 5.07. The van der Waals surface area contributed by atoms with E-state index in [1.807, 2.05) is 6.07 Å². The highest BCUT2D eigenvalue weighted by Gasteiger charge is 2.19. The van der Waals surface area contributed by atoms with E-state index in [0.717, 1.165) is 14.7 Å². The molecule has 8 heteroatoms. The topological polar surface area (TPSA) is 72.2 Å². The van der Waals surface area contributed by atoms with Crippen molar-refractivity contribution < 1.29 is 12.8 Å². The Kier molecular flexibility index (Phi) is 4.24. The van der Waals surface area contributed by atoms with Gasteiger partial charge in [-0.1, -0.05) is 6.07 Å². The first-order valence-electron chi connectivity index (χ1n) is 5.18. The third kappa shape index (κ3) is 3.33. The van der Waals surface area contributed by atoms with Gasteiger partial charge in [0.25, 0.3) is 0 Å². The largest absolute Gasteiger partial charge is 0.395 e. The zero-order chi connectivity index (χ0) is 14.0. The summed E-state index contributed by atoms with van der Waals surface area (Å²) in [6.45, 7) is 0.133. The fourth-order valence-corrected chi connectivity index (χ4v) is 4.10. The van der Waals surface area contributed by atoms with Crippen LogP contribution in [0.4, 0.5) is 10.1 Å². The van der Waals surface area contributed by atoms with Gasteiger partial charge in [-0.15, -0.1) is 11.3 Å². The van der Waals surface area contributed by atoms with Gasteiger partial charge in [0, 0.05) is 11.4 Å². The van der Waals surface area contributed by atoms with Crippen LogP contribution in [-0.2, 0) is 16.6 Å². The van der Waals surface area contributed by atoms with Crippen molar-refractivity contribution in [1.29, 1.82) is 0 Å². The van der Waals surface area contributed by atoms with Crippen molar-refractivity contribution in [1.82, 2.24) is 4.72 Å². The number of hydrogen-bond acceptors (Lipinski definition) is 4. The van der Waals surface area contributed by atoms with E-state index < -0.39 is 15.8 Å². The predicted molar refractivity (Wildman–Crippen MR) is 76.9 cm³/mol. The first kappa shape index (κ1) is 14.4. The summed E-state index contributed by atoms with van der Waals surface area (Å²) in [6.07, 6.45) is 0. The summed E-state index contributed by atoms with van der Waals surface area (Å²) < 4.78 is 40.6. The Bertz CT molecular complexity index is 700. The molecule has 2 rings (SSSR count). The van der Waals surface area contributed by atoms with Crippen molar-refractivity contribution in [2.45, 2.75) is 11.4 Å². The maximum Gasteiger partial charge on any atom is 0.243 e. The number of anilines is 1. The summed E-state index contributed by atoms with van der Waals surface area (Å²) in [5.74, 6) is -0.748. The van der Waals surface area contributed by atoms with Crippen molar-refractivity contribution >= 4 is 43.0 Å². The highest BCUT2D eigenvalue weighted by molar-refractivity contribution is 9.11. The van der Waals surface area contributed by atoms with E-state index >= 15 is 0 Å². The predicted octanol–water partition coefficient (Wildman–Crippen LogP) is 2.71. The molecule has 0 bridgehead atoms. The minimum absolute atomic E-state index is 0.133. The van der Waals surface area contributed by atoms with Crippen molar-refractivity contribution in [2.75, 3.05) is 5.73 Å². The van der Waals surface area contributed by atoms with E-state index in [4.69, 9.17) is 5.73 Å². The summed E-state index contributed by atoms with van der Waals surface area (Å²) in [7, 11) is -3.83. The molecule has 3 N–H and O–H groups in total. The number of benzene rings is 1. The van der Waals surface area contributed by atoms with E-state index in [-0.39, 0.29) is 17.1 Å². The van der Waals surface area contributed by atoms with Crippen molar-refractivity contribution in [3.8, 4) is 0 Å². The number of nitrogens with two attached hydrogens (primary N) is 1.